The molecule has 172 valence electrons. The fraction of sp³-hybridized carbons (Fsp3) is 0.409. The fourth-order valence-electron chi connectivity index (χ4n) is 3.60. The van der Waals surface area contributed by atoms with Gasteiger partial charge >= 0.3 is 0 Å². The Kier molecular flexibility index (Phi) is 7.53. The zero-order valence-corrected chi connectivity index (χ0v) is 19.8. The van der Waals surface area contributed by atoms with Crippen LogP contribution < -0.4 is 10.6 Å². The van der Waals surface area contributed by atoms with Gasteiger partial charge in [-0.05, 0) is 70.1 Å². The molecule has 8 nitrogen and oxygen atoms in total. The van der Waals surface area contributed by atoms with Gasteiger partial charge in [0.05, 0.1) is 21.2 Å². The van der Waals surface area contributed by atoms with Gasteiger partial charge in [-0.25, -0.2) is 13.4 Å². The van der Waals surface area contributed by atoms with Gasteiger partial charge in [-0.2, -0.15) is 0 Å². The molecule has 1 aliphatic rings. The zero-order valence-electron chi connectivity index (χ0n) is 18.3. The monoisotopic (exact) mass is 478 g/mol. The molecule has 0 atom stereocenters. The molecule has 3 rings (SSSR count). The number of hydrogen-bond acceptors (Lipinski definition) is 6. The number of hydrogen-bond donors (Lipinski definition) is 2. The maximum atomic E-state index is 12.9. The predicted octanol–water partition coefficient (Wildman–Crippen LogP) is 3.45. The first kappa shape index (κ1) is 24.2. The third-order valence-corrected chi connectivity index (χ3v) is 6.86. The molecule has 2 aromatic rings. The summed E-state index contributed by atoms with van der Waals surface area (Å²) in [6, 6.07) is 7.62. The average molecular weight is 479 g/mol. The summed E-state index contributed by atoms with van der Waals surface area (Å²) < 4.78 is 24.0. The molecular weight excluding hydrogens is 452 g/mol. The number of anilines is 2. The van der Waals surface area contributed by atoms with Crippen molar-refractivity contribution in [2.75, 3.05) is 30.0 Å². The molecule has 1 aliphatic heterocycles. The van der Waals surface area contributed by atoms with E-state index < -0.39 is 15.7 Å². The molecule has 0 bridgehead atoms. The van der Waals surface area contributed by atoms with E-state index in [9.17, 15) is 18.0 Å². The number of halogens is 1. The van der Waals surface area contributed by atoms with Crippen molar-refractivity contribution >= 4 is 44.8 Å². The number of carbonyl (C=O) groups excluding carboxylic acids is 2. The quantitative estimate of drug-likeness (QED) is 0.658. The minimum Gasteiger partial charge on any atom is -0.325 e. The van der Waals surface area contributed by atoms with Crippen molar-refractivity contribution in [2.45, 2.75) is 37.6 Å². The lowest BCUT2D eigenvalue weighted by atomic mass is 9.95. The van der Waals surface area contributed by atoms with E-state index in [1.54, 1.807) is 6.07 Å². The van der Waals surface area contributed by atoms with Crippen LogP contribution in [0, 0.1) is 5.92 Å². The minimum absolute atomic E-state index is 0.0186. The molecule has 32 heavy (non-hydrogen) atoms. The Balaban J connectivity index is 1.82. The summed E-state index contributed by atoms with van der Waals surface area (Å²) in [7, 11) is -3.55. The molecule has 0 saturated carbocycles. The van der Waals surface area contributed by atoms with Crippen LogP contribution in [0.4, 0.5) is 11.5 Å². The van der Waals surface area contributed by atoms with Gasteiger partial charge in [0.15, 0.2) is 9.84 Å². The summed E-state index contributed by atoms with van der Waals surface area (Å²) in [5.74, 6) is -0.689. The van der Waals surface area contributed by atoms with E-state index in [-0.39, 0.29) is 33.8 Å². The Hall–Kier alpha value is -2.49. The number of aromatic nitrogens is 1. The van der Waals surface area contributed by atoms with Crippen LogP contribution in [0.2, 0.25) is 5.02 Å². The number of rotatable bonds is 6. The number of sulfone groups is 1. The Morgan fingerprint density at radius 2 is 1.81 bits per heavy atom. The summed E-state index contributed by atoms with van der Waals surface area (Å²) in [6.45, 7) is 5.92. The second-order valence-corrected chi connectivity index (χ2v) is 10.6. The molecule has 10 heteroatoms. The van der Waals surface area contributed by atoms with E-state index in [0.717, 1.165) is 32.2 Å². The summed E-state index contributed by atoms with van der Waals surface area (Å²) in [4.78, 5) is 32.2. The van der Waals surface area contributed by atoms with Crippen molar-refractivity contribution in [3.63, 3.8) is 0 Å². The van der Waals surface area contributed by atoms with Gasteiger partial charge in [0, 0.05) is 24.4 Å². The highest BCUT2D eigenvalue weighted by Crippen LogP contribution is 2.25. The number of pyridine rings is 1. The largest absolute Gasteiger partial charge is 0.325 e. The van der Waals surface area contributed by atoms with Crippen LogP contribution >= 0.6 is 11.6 Å². The molecule has 0 aliphatic carbocycles. The number of nitrogens with zero attached hydrogens (tertiary/aromatic N) is 2. The number of carbonyl (C=O) groups is 2. The molecule has 1 aromatic carbocycles. The van der Waals surface area contributed by atoms with Gasteiger partial charge < -0.3 is 15.5 Å². The summed E-state index contributed by atoms with van der Waals surface area (Å²) in [6.07, 6.45) is 3.89. The van der Waals surface area contributed by atoms with Crippen LogP contribution in [0.5, 0.6) is 0 Å². The van der Waals surface area contributed by atoms with Crippen LogP contribution in [0.3, 0.4) is 0 Å². The maximum absolute atomic E-state index is 12.9. The second-order valence-electron chi connectivity index (χ2n) is 8.19. The van der Waals surface area contributed by atoms with E-state index in [4.69, 9.17) is 11.6 Å². The van der Waals surface area contributed by atoms with Gasteiger partial charge in [0.1, 0.15) is 5.82 Å². The highest BCUT2D eigenvalue weighted by molar-refractivity contribution is 7.90. The first-order valence-electron chi connectivity index (χ1n) is 10.4. The molecule has 1 fully saturated rings. The Morgan fingerprint density at radius 3 is 2.38 bits per heavy atom. The fourth-order valence-corrected chi connectivity index (χ4v) is 4.36. The Labute approximate surface area is 193 Å². The van der Waals surface area contributed by atoms with Crippen molar-refractivity contribution < 1.29 is 18.0 Å². The Morgan fingerprint density at radius 1 is 1.12 bits per heavy atom. The number of piperidine rings is 1. The van der Waals surface area contributed by atoms with Crippen LogP contribution in [0.1, 0.15) is 37.0 Å². The number of benzene rings is 1. The highest BCUT2D eigenvalue weighted by atomic mass is 35.5. The van der Waals surface area contributed by atoms with Crippen LogP contribution in [0.15, 0.2) is 41.4 Å². The molecule has 2 heterocycles. The third-order valence-electron chi connectivity index (χ3n) is 5.52. The van der Waals surface area contributed by atoms with E-state index in [2.05, 4.69) is 34.4 Å². The third kappa shape index (κ3) is 6.05. The average Bonchev–Trinajstić information content (AvgIpc) is 2.74. The SMILES string of the molecule is CC(C)N1CCC(C(=O)Nc2ccc(S(C)(=O)=O)cc2C(=O)Nc2ccc(Cl)cn2)CC1. The first-order chi connectivity index (χ1) is 15.0. The lowest BCUT2D eigenvalue weighted by Gasteiger charge is -2.34. The molecule has 0 spiro atoms. The van der Waals surface area contributed by atoms with Crippen molar-refractivity contribution in [1.29, 1.82) is 0 Å². The molecule has 2 N–H and O–H groups in total. The molecule has 2 amide bonds. The van der Waals surface area contributed by atoms with Gasteiger partial charge in [-0.3, -0.25) is 9.59 Å². The maximum Gasteiger partial charge on any atom is 0.258 e. The van der Waals surface area contributed by atoms with Crippen LogP contribution in [-0.2, 0) is 14.6 Å². The van der Waals surface area contributed by atoms with Gasteiger partial charge in [-0.1, -0.05) is 11.6 Å². The summed E-state index contributed by atoms with van der Waals surface area (Å²) >= 11 is 5.83. The normalized spacial score (nSPS) is 15.5. The highest BCUT2D eigenvalue weighted by Gasteiger charge is 2.27. The van der Waals surface area contributed by atoms with E-state index in [0.29, 0.717) is 11.1 Å². The number of likely N-dealkylation sites (tertiary alicyclic amines) is 1. The van der Waals surface area contributed by atoms with E-state index in [1.165, 1.54) is 30.5 Å². The van der Waals surface area contributed by atoms with Gasteiger partial charge in [0.25, 0.3) is 5.91 Å². The van der Waals surface area contributed by atoms with Crippen molar-refractivity contribution in [2.24, 2.45) is 5.92 Å². The molecule has 1 saturated heterocycles. The van der Waals surface area contributed by atoms with Crippen LogP contribution in [-0.4, -0.2) is 55.5 Å². The number of nitrogens with one attached hydrogen (secondary N) is 2. The first-order valence-corrected chi connectivity index (χ1v) is 12.6. The number of amides is 2. The zero-order chi connectivity index (χ0) is 23.5. The smallest absolute Gasteiger partial charge is 0.258 e. The summed E-state index contributed by atoms with van der Waals surface area (Å²) in [5, 5.41) is 5.85. The molecular formula is C22H27ClN4O4S. The topological polar surface area (TPSA) is 108 Å². The van der Waals surface area contributed by atoms with E-state index in [1.807, 2.05) is 0 Å². The molecule has 0 radical (unpaired) electrons. The van der Waals surface area contributed by atoms with E-state index >= 15 is 0 Å². The van der Waals surface area contributed by atoms with Crippen LogP contribution in [0.25, 0.3) is 0 Å². The van der Waals surface area contributed by atoms with Crippen molar-refractivity contribution in [3.8, 4) is 0 Å². The summed E-state index contributed by atoms with van der Waals surface area (Å²) in [5.41, 5.74) is 0.290. The predicted molar refractivity (Wildman–Crippen MR) is 125 cm³/mol. The van der Waals surface area contributed by atoms with Crippen molar-refractivity contribution in [3.05, 3.63) is 47.1 Å². The standard InChI is InChI=1S/C22H27ClN4O4S/c1-14(2)27-10-8-15(9-11-27)21(28)25-19-6-5-17(32(3,30)31)12-18(19)22(29)26-20-7-4-16(23)13-24-20/h4-7,12-15H,8-11H2,1-3H3,(H,25,28)(H,24,26,29). The van der Waals surface area contributed by atoms with Gasteiger partial charge in [0.2, 0.25) is 5.91 Å². The lowest BCUT2D eigenvalue weighted by molar-refractivity contribution is -0.121. The van der Waals surface area contributed by atoms with Crippen molar-refractivity contribution in [1.82, 2.24) is 9.88 Å². The lowest BCUT2D eigenvalue weighted by Crippen LogP contribution is -2.41. The second kappa shape index (κ2) is 9.97. The minimum atomic E-state index is -3.55. The molecule has 0 unspecified atom stereocenters. The van der Waals surface area contributed by atoms with Gasteiger partial charge in [-0.15, -0.1) is 0 Å². The molecule has 1 aromatic heterocycles. The Bertz CT molecular complexity index is 1100.